The molecule has 2 rings (SSSR count). The van der Waals surface area contributed by atoms with Gasteiger partial charge in [-0.05, 0) is 36.1 Å². The average molecular weight is 199 g/mol. The van der Waals surface area contributed by atoms with E-state index in [4.69, 9.17) is 5.11 Å². The summed E-state index contributed by atoms with van der Waals surface area (Å²) in [4.78, 5) is 0. The SMILES string of the molecule is CC#CCn1ccc2cc(CO)ccc21. The van der Waals surface area contributed by atoms with E-state index in [1.807, 2.05) is 37.4 Å². The summed E-state index contributed by atoms with van der Waals surface area (Å²) >= 11 is 0. The Kier molecular flexibility index (Phi) is 2.75. The molecule has 1 N–H and O–H groups in total. The Bertz CT molecular complexity index is 528. The van der Waals surface area contributed by atoms with E-state index in [0.717, 1.165) is 23.0 Å². The Morgan fingerprint density at radius 3 is 2.93 bits per heavy atom. The van der Waals surface area contributed by atoms with Crippen LogP contribution in [0, 0.1) is 11.8 Å². The van der Waals surface area contributed by atoms with Crippen molar-refractivity contribution in [2.45, 2.75) is 20.1 Å². The van der Waals surface area contributed by atoms with Crippen molar-refractivity contribution in [2.24, 2.45) is 0 Å². The van der Waals surface area contributed by atoms with Crippen molar-refractivity contribution in [3.63, 3.8) is 0 Å². The van der Waals surface area contributed by atoms with Gasteiger partial charge >= 0.3 is 0 Å². The zero-order chi connectivity index (χ0) is 10.7. The second kappa shape index (κ2) is 4.20. The third-order valence-electron chi connectivity index (χ3n) is 2.44. The normalized spacial score (nSPS) is 10.0. The summed E-state index contributed by atoms with van der Waals surface area (Å²) in [5, 5.41) is 10.2. The monoisotopic (exact) mass is 199 g/mol. The Labute approximate surface area is 89.2 Å². The minimum atomic E-state index is 0.0931. The molecular weight excluding hydrogens is 186 g/mol. The first-order valence-corrected chi connectivity index (χ1v) is 4.93. The first-order valence-electron chi connectivity index (χ1n) is 4.93. The summed E-state index contributed by atoms with van der Waals surface area (Å²) < 4.78 is 2.10. The Hall–Kier alpha value is -1.72. The van der Waals surface area contributed by atoms with Crippen molar-refractivity contribution in [1.29, 1.82) is 0 Å². The molecule has 0 atom stereocenters. The van der Waals surface area contributed by atoms with Crippen molar-refractivity contribution in [1.82, 2.24) is 4.57 Å². The van der Waals surface area contributed by atoms with Crippen LogP contribution in [0.4, 0.5) is 0 Å². The van der Waals surface area contributed by atoms with Crippen LogP contribution in [-0.4, -0.2) is 9.67 Å². The molecule has 0 bridgehead atoms. The third kappa shape index (κ3) is 1.88. The van der Waals surface area contributed by atoms with E-state index in [-0.39, 0.29) is 6.61 Å². The molecule has 0 radical (unpaired) electrons. The van der Waals surface area contributed by atoms with E-state index < -0.39 is 0 Å². The maximum atomic E-state index is 9.02. The second-order valence-corrected chi connectivity index (χ2v) is 3.42. The molecule has 1 aromatic heterocycles. The molecule has 0 saturated heterocycles. The van der Waals surface area contributed by atoms with Crippen LogP contribution in [0.15, 0.2) is 30.5 Å². The first-order chi connectivity index (χ1) is 7.35. The van der Waals surface area contributed by atoms with E-state index in [1.165, 1.54) is 0 Å². The largest absolute Gasteiger partial charge is 0.392 e. The van der Waals surface area contributed by atoms with Crippen molar-refractivity contribution in [2.75, 3.05) is 0 Å². The number of fused-ring (bicyclic) bond motifs is 1. The van der Waals surface area contributed by atoms with Crippen molar-refractivity contribution >= 4 is 10.9 Å². The van der Waals surface area contributed by atoms with Crippen LogP contribution in [0.1, 0.15) is 12.5 Å². The Morgan fingerprint density at radius 2 is 2.20 bits per heavy atom. The molecule has 1 aromatic carbocycles. The number of aromatic nitrogens is 1. The Balaban J connectivity index is 2.45. The summed E-state index contributed by atoms with van der Waals surface area (Å²) in [6.45, 7) is 2.66. The summed E-state index contributed by atoms with van der Waals surface area (Å²) in [6, 6.07) is 8.02. The number of rotatable bonds is 2. The topological polar surface area (TPSA) is 25.2 Å². The van der Waals surface area contributed by atoms with Gasteiger partial charge in [-0.3, -0.25) is 0 Å². The summed E-state index contributed by atoms with van der Waals surface area (Å²) in [7, 11) is 0. The Morgan fingerprint density at radius 1 is 1.33 bits per heavy atom. The van der Waals surface area contributed by atoms with Gasteiger partial charge in [-0.2, -0.15) is 0 Å². The highest BCUT2D eigenvalue weighted by Gasteiger charge is 2.00. The third-order valence-corrected chi connectivity index (χ3v) is 2.44. The molecule has 0 aliphatic carbocycles. The molecule has 2 nitrogen and oxygen atoms in total. The first kappa shape index (κ1) is 9.82. The van der Waals surface area contributed by atoms with Crippen LogP contribution in [0.25, 0.3) is 10.9 Å². The molecule has 2 heteroatoms. The highest BCUT2D eigenvalue weighted by molar-refractivity contribution is 5.80. The molecule has 0 spiro atoms. The van der Waals surface area contributed by atoms with Gasteiger partial charge in [-0.15, -0.1) is 5.92 Å². The van der Waals surface area contributed by atoms with Crippen LogP contribution < -0.4 is 0 Å². The minimum Gasteiger partial charge on any atom is -0.392 e. The van der Waals surface area contributed by atoms with Crippen LogP contribution in [0.3, 0.4) is 0 Å². The highest BCUT2D eigenvalue weighted by Crippen LogP contribution is 2.17. The molecular formula is C13H13NO. The second-order valence-electron chi connectivity index (χ2n) is 3.42. The lowest BCUT2D eigenvalue weighted by Gasteiger charge is -2.01. The van der Waals surface area contributed by atoms with Crippen LogP contribution in [-0.2, 0) is 13.2 Å². The molecule has 0 aliphatic heterocycles. The van der Waals surface area contributed by atoms with E-state index in [2.05, 4.69) is 16.4 Å². The summed E-state index contributed by atoms with van der Waals surface area (Å²) in [5.41, 5.74) is 2.11. The van der Waals surface area contributed by atoms with E-state index in [0.29, 0.717) is 0 Å². The highest BCUT2D eigenvalue weighted by atomic mass is 16.3. The van der Waals surface area contributed by atoms with E-state index >= 15 is 0 Å². The smallest absolute Gasteiger partial charge is 0.0837 e. The van der Waals surface area contributed by atoms with E-state index in [9.17, 15) is 0 Å². The van der Waals surface area contributed by atoms with Gasteiger partial charge in [-0.1, -0.05) is 12.0 Å². The van der Waals surface area contributed by atoms with E-state index in [1.54, 1.807) is 0 Å². The minimum absolute atomic E-state index is 0.0931. The van der Waals surface area contributed by atoms with Gasteiger partial charge in [0.05, 0.1) is 13.2 Å². The molecule has 76 valence electrons. The predicted octanol–water partition coefficient (Wildman–Crippen LogP) is 2.16. The molecule has 0 saturated carbocycles. The molecule has 15 heavy (non-hydrogen) atoms. The van der Waals surface area contributed by atoms with Gasteiger partial charge in [-0.25, -0.2) is 0 Å². The lowest BCUT2D eigenvalue weighted by atomic mass is 10.2. The predicted molar refractivity (Wildman–Crippen MR) is 61.3 cm³/mol. The average Bonchev–Trinajstić information content (AvgIpc) is 2.68. The fourth-order valence-electron chi connectivity index (χ4n) is 1.65. The lowest BCUT2D eigenvalue weighted by Crippen LogP contribution is -1.92. The lowest BCUT2D eigenvalue weighted by molar-refractivity contribution is 0.282. The van der Waals surface area contributed by atoms with Gasteiger partial charge in [0.2, 0.25) is 0 Å². The standard InChI is InChI=1S/C13H13NO/c1-2-3-7-14-8-6-12-9-11(10-15)4-5-13(12)14/h4-6,8-9,15H,7,10H2,1H3. The maximum absolute atomic E-state index is 9.02. The van der Waals surface area contributed by atoms with Crippen LogP contribution in [0.5, 0.6) is 0 Å². The number of aliphatic hydroxyl groups is 1. The van der Waals surface area contributed by atoms with Gasteiger partial charge < -0.3 is 9.67 Å². The van der Waals surface area contributed by atoms with Crippen molar-refractivity contribution in [3.8, 4) is 11.8 Å². The maximum Gasteiger partial charge on any atom is 0.0837 e. The van der Waals surface area contributed by atoms with Crippen LogP contribution in [0.2, 0.25) is 0 Å². The molecule has 0 unspecified atom stereocenters. The number of nitrogens with zero attached hydrogens (tertiary/aromatic N) is 1. The summed E-state index contributed by atoms with van der Waals surface area (Å²) in [5.74, 6) is 5.92. The van der Waals surface area contributed by atoms with Gasteiger partial charge in [0.1, 0.15) is 0 Å². The van der Waals surface area contributed by atoms with Gasteiger partial charge in [0.15, 0.2) is 0 Å². The van der Waals surface area contributed by atoms with Gasteiger partial charge in [0.25, 0.3) is 0 Å². The molecule has 1 heterocycles. The number of hydrogen-bond donors (Lipinski definition) is 1. The zero-order valence-corrected chi connectivity index (χ0v) is 8.70. The zero-order valence-electron chi connectivity index (χ0n) is 8.70. The number of aliphatic hydroxyl groups excluding tert-OH is 1. The fourth-order valence-corrected chi connectivity index (χ4v) is 1.65. The molecule has 0 fully saturated rings. The van der Waals surface area contributed by atoms with Crippen molar-refractivity contribution < 1.29 is 5.11 Å². The quantitative estimate of drug-likeness (QED) is 0.737. The number of hydrogen-bond acceptors (Lipinski definition) is 1. The van der Waals surface area contributed by atoms with Gasteiger partial charge in [0, 0.05) is 11.7 Å². The summed E-state index contributed by atoms with van der Waals surface area (Å²) in [6.07, 6.45) is 2.02. The van der Waals surface area contributed by atoms with Crippen molar-refractivity contribution in [3.05, 3.63) is 36.0 Å². The fraction of sp³-hybridized carbons (Fsp3) is 0.231. The molecule has 2 aromatic rings. The molecule has 0 amide bonds. The molecule has 0 aliphatic rings. The van der Waals surface area contributed by atoms with Crippen LogP contribution >= 0.6 is 0 Å². The number of benzene rings is 1.